The molecule has 2 spiro atoms. The monoisotopic (exact) mass is 278 g/mol. The van der Waals surface area contributed by atoms with Crippen LogP contribution in [0.15, 0.2) is 11.1 Å². The van der Waals surface area contributed by atoms with E-state index < -0.39 is 11.8 Å². The van der Waals surface area contributed by atoms with Crippen LogP contribution in [0.4, 0.5) is 0 Å². The van der Waals surface area contributed by atoms with Crippen molar-refractivity contribution in [2.45, 2.75) is 68.7 Å². The average molecular weight is 278 g/mol. The largest absolute Gasteiger partial charge is 0.426 e. The molecule has 0 amide bonds. The van der Waals surface area contributed by atoms with Crippen molar-refractivity contribution in [3.8, 4) is 0 Å². The molecule has 3 aliphatic heterocycles. The van der Waals surface area contributed by atoms with Crippen molar-refractivity contribution in [1.29, 1.82) is 0 Å². The Balaban J connectivity index is 1.70. The summed E-state index contributed by atoms with van der Waals surface area (Å²) in [5, 5.41) is 10.8. The van der Waals surface area contributed by atoms with Crippen molar-refractivity contribution >= 4 is 5.97 Å². The number of esters is 1. The first-order valence-corrected chi connectivity index (χ1v) is 7.32. The molecule has 5 heteroatoms. The summed E-state index contributed by atoms with van der Waals surface area (Å²) in [6.07, 6.45) is 2.08. The number of rotatable bonds is 0. The Labute approximate surface area is 116 Å². The predicted octanol–water partition coefficient (Wildman–Crippen LogP) is 1.05. The van der Waals surface area contributed by atoms with Crippen LogP contribution < -0.4 is 0 Å². The maximum atomic E-state index is 11.8. The van der Waals surface area contributed by atoms with Gasteiger partial charge in [-0.3, -0.25) is 0 Å². The van der Waals surface area contributed by atoms with Gasteiger partial charge in [-0.1, -0.05) is 6.92 Å². The Morgan fingerprint density at radius 3 is 2.85 bits per heavy atom. The highest BCUT2D eigenvalue weighted by molar-refractivity contribution is 5.92. The zero-order valence-corrected chi connectivity index (χ0v) is 11.9. The fourth-order valence-electron chi connectivity index (χ4n) is 5.31. The Hall–Kier alpha value is -0.910. The van der Waals surface area contributed by atoms with Gasteiger partial charge in [0.2, 0.25) is 5.79 Å². The third kappa shape index (κ3) is 0.901. The van der Waals surface area contributed by atoms with Crippen LogP contribution in [0.2, 0.25) is 0 Å². The third-order valence-corrected chi connectivity index (χ3v) is 6.41. The molecule has 0 bridgehead atoms. The maximum absolute atomic E-state index is 11.8. The molecule has 108 valence electrons. The molecule has 1 N–H and O–H groups in total. The van der Waals surface area contributed by atoms with Crippen LogP contribution in [0, 0.1) is 5.92 Å². The highest BCUT2D eigenvalue weighted by Crippen LogP contribution is 2.79. The first-order chi connectivity index (χ1) is 9.28. The molecule has 0 aromatic rings. The zero-order valence-electron chi connectivity index (χ0n) is 11.9. The number of carbonyl (C=O) groups is 1. The van der Waals surface area contributed by atoms with Crippen LogP contribution in [0.25, 0.3) is 0 Å². The molecule has 2 saturated heterocycles. The minimum atomic E-state index is -1.46. The summed E-state index contributed by atoms with van der Waals surface area (Å²) in [4.78, 5) is 11.8. The molecule has 4 fully saturated rings. The molecular weight excluding hydrogens is 260 g/mol. The first-order valence-electron chi connectivity index (χ1n) is 7.32. The molecule has 3 heterocycles. The van der Waals surface area contributed by atoms with Crippen molar-refractivity contribution in [2.75, 3.05) is 0 Å². The van der Waals surface area contributed by atoms with E-state index in [1.54, 1.807) is 6.92 Å². The second kappa shape index (κ2) is 2.72. The molecule has 0 radical (unpaired) electrons. The van der Waals surface area contributed by atoms with Gasteiger partial charge in [-0.05, 0) is 19.8 Å². The Bertz CT molecular complexity index is 611. The Morgan fingerprint density at radius 1 is 1.35 bits per heavy atom. The maximum Gasteiger partial charge on any atom is 0.336 e. The van der Waals surface area contributed by atoms with E-state index in [4.69, 9.17) is 14.2 Å². The van der Waals surface area contributed by atoms with Gasteiger partial charge in [-0.25, -0.2) is 4.79 Å². The number of hydrogen-bond donors (Lipinski definition) is 1. The minimum absolute atomic E-state index is 0.0954. The van der Waals surface area contributed by atoms with E-state index in [-0.39, 0.29) is 28.8 Å². The minimum Gasteiger partial charge on any atom is -0.426 e. The lowest BCUT2D eigenvalue weighted by Gasteiger charge is -2.26. The van der Waals surface area contributed by atoms with Crippen LogP contribution in [0.5, 0.6) is 0 Å². The summed E-state index contributed by atoms with van der Waals surface area (Å²) in [5.74, 6) is -1.77. The number of carbonyl (C=O) groups excluding carboxylic acids is 1. The molecule has 0 aromatic heterocycles. The van der Waals surface area contributed by atoms with E-state index in [1.165, 1.54) is 0 Å². The van der Waals surface area contributed by atoms with Gasteiger partial charge in [0.1, 0.15) is 16.8 Å². The second-order valence-corrected chi connectivity index (χ2v) is 7.32. The molecule has 6 atom stereocenters. The predicted molar refractivity (Wildman–Crippen MR) is 66.6 cm³/mol. The van der Waals surface area contributed by atoms with Gasteiger partial charge < -0.3 is 19.3 Å². The highest BCUT2D eigenvalue weighted by Gasteiger charge is 2.93. The van der Waals surface area contributed by atoms with Crippen molar-refractivity contribution in [3.05, 3.63) is 11.1 Å². The van der Waals surface area contributed by atoms with Crippen molar-refractivity contribution < 1.29 is 24.1 Å². The Kier molecular flexibility index (Phi) is 1.59. The van der Waals surface area contributed by atoms with Crippen molar-refractivity contribution in [3.63, 3.8) is 0 Å². The molecule has 0 aromatic carbocycles. The van der Waals surface area contributed by atoms with Crippen molar-refractivity contribution in [1.82, 2.24) is 0 Å². The lowest BCUT2D eigenvalue weighted by molar-refractivity contribution is -0.186. The molecule has 2 aliphatic carbocycles. The summed E-state index contributed by atoms with van der Waals surface area (Å²) in [6.45, 7) is 5.92. The summed E-state index contributed by atoms with van der Waals surface area (Å²) in [5.41, 5.74) is 0.397. The summed E-state index contributed by atoms with van der Waals surface area (Å²) < 4.78 is 17.4. The van der Waals surface area contributed by atoms with Gasteiger partial charge in [0.15, 0.2) is 0 Å². The van der Waals surface area contributed by atoms with E-state index in [2.05, 4.69) is 13.8 Å². The number of ether oxygens (including phenoxy) is 3. The van der Waals surface area contributed by atoms with E-state index in [9.17, 15) is 9.90 Å². The summed E-state index contributed by atoms with van der Waals surface area (Å²) in [7, 11) is 0. The van der Waals surface area contributed by atoms with Crippen LogP contribution in [0.3, 0.4) is 0 Å². The molecule has 5 nitrogen and oxygen atoms in total. The standard InChI is InChI=1S/C15H18O5/c1-7-4-13(17)9(8(2)11(16)19-13)5-14-12(3,20-14)6-10-15(7,14)18-10/h7,10,17H,4-6H2,1-3H3/t7-,10+,12-,13+,14-,15+/m1/s1. The fourth-order valence-corrected chi connectivity index (χ4v) is 5.31. The lowest BCUT2D eigenvalue weighted by atomic mass is 9.78. The number of fused-ring (bicyclic) bond motifs is 1. The van der Waals surface area contributed by atoms with E-state index in [0.29, 0.717) is 24.0 Å². The number of hydrogen-bond acceptors (Lipinski definition) is 5. The van der Waals surface area contributed by atoms with Gasteiger partial charge in [-0.15, -0.1) is 0 Å². The zero-order chi connectivity index (χ0) is 14.1. The molecule has 5 aliphatic rings. The topological polar surface area (TPSA) is 71.6 Å². The number of aliphatic hydroxyl groups is 1. The molecule has 20 heavy (non-hydrogen) atoms. The summed E-state index contributed by atoms with van der Waals surface area (Å²) in [6, 6.07) is 0. The van der Waals surface area contributed by atoms with E-state index in [1.807, 2.05) is 0 Å². The van der Waals surface area contributed by atoms with Gasteiger partial charge in [0.25, 0.3) is 0 Å². The number of epoxide rings is 2. The smallest absolute Gasteiger partial charge is 0.336 e. The van der Waals surface area contributed by atoms with Crippen LogP contribution in [-0.2, 0) is 19.0 Å². The molecule has 5 rings (SSSR count). The molecule has 2 saturated carbocycles. The van der Waals surface area contributed by atoms with Gasteiger partial charge >= 0.3 is 5.97 Å². The van der Waals surface area contributed by atoms with Gasteiger partial charge in [0, 0.05) is 30.4 Å². The normalized spacial score (nSPS) is 62.1. The second-order valence-electron chi connectivity index (χ2n) is 7.32. The third-order valence-electron chi connectivity index (χ3n) is 6.41. The van der Waals surface area contributed by atoms with Crippen LogP contribution in [0.1, 0.15) is 40.0 Å². The lowest BCUT2D eigenvalue weighted by Crippen LogP contribution is -2.40. The van der Waals surface area contributed by atoms with E-state index in [0.717, 1.165) is 6.42 Å². The van der Waals surface area contributed by atoms with Crippen LogP contribution >= 0.6 is 0 Å². The van der Waals surface area contributed by atoms with Crippen LogP contribution in [-0.4, -0.2) is 39.8 Å². The fraction of sp³-hybridized carbons (Fsp3) is 0.800. The van der Waals surface area contributed by atoms with Gasteiger partial charge in [0.05, 0.1) is 6.10 Å². The Morgan fingerprint density at radius 2 is 2.10 bits per heavy atom. The average Bonchev–Trinajstić information content (AvgIpc) is 3.17. The summed E-state index contributed by atoms with van der Waals surface area (Å²) >= 11 is 0. The molecular formula is C15H18O5. The van der Waals surface area contributed by atoms with E-state index >= 15 is 0 Å². The van der Waals surface area contributed by atoms with Crippen molar-refractivity contribution in [2.24, 2.45) is 5.92 Å². The van der Waals surface area contributed by atoms with Gasteiger partial charge in [-0.2, -0.15) is 0 Å². The molecule has 0 unspecified atom stereocenters. The first kappa shape index (κ1) is 11.7. The quantitative estimate of drug-likeness (QED) is 0.529. The highest BCUT2D eigenvalue weighted by atomic mass is 16.7. The SMILES string of the molecule is CC1=C2C[C@@]34O[C@]3(C)C[C@@H]3O[C@@]34[C@H](C)C[C@]2(O)OC1=O.